The lowest BCUT2D eigenvalue weighted by Crippen LogP contribution is -2.33. The molecule has 0 radical (unpaired) electrons. The fraction of sp³-hybridized carbons (Fsp3) is 0.556. The van der Waals surface area contributed by atoms with Gasteiger partial charge in [-0.15, -0.1) is 0 Å². The first kappa shape index (κ1) is 18.8. The van der Waals surface area contributed by atoms with Crippen LogP contribution in [0.15, 0.2) is 12.1 Å². The molecule has 0 heterocycles. The molecular weight excluding hydrogens is 292 g/mol. The first-order valence-corrected chi connectivity index (χ1v) is 7.84. The number of amides is 1. The van der Waals surface area contributed by atoms with E-state index in [2.05, 4.69) is 11.4 Å². The zero-order chi connectivity index (χ0) is 17.5. The quantitative estimate of drug-likeness (QED) is 0.808. The number of rotatable bonds is 6. The smallest absolute Gasteiger partial charge is 0.407 e. The third kappa shape index (κ3) is 7.05. The summed E-state index contributed by atoms with van der Waals surface area (Å²) in [5.41, 5.74) is 2.20. The van der Waals surface area contributed by atoms with Crippen LogP contribution in [0.4, 0.5) is 4.79 Å². The first-order chi connectivity index (χ1) is 10.7. The number of benzene rings is 1. The van der Waals surface area contributed by atoms with Crippen LogP contribution in [0.1, 0.15) is 50.3 Å². The van der Waals surface area contributed by atoms with Crippen LogP contribution in [-0.2, 0) is 4.74 Å². The monoisotopic (exact) mass is 318 g/mol. The molecule has 0 atom stereocenters. The predicted octanol–water partition coefficient (Wildman–Crippen LogP) is 3.86. The molecule has 0 aliphatic rings. The van der Waals surface area contributed by atoms with Crippen molar-refractivity contribution in [2.45, 2.75) is 53.1 Å². The molecular formula is C18H26N2O3. The minimum atomic E-state index is -0.477. The molecule has 0 saturated carbocycles. The van der Waals surface area contributed by atoms with Crippen LogP contribution in [0.5, 0.6) is 5.75 Å². The molecule has 0 fully saturated rings. The topological polar surface area (TPSA) is 71.3 Å². The summed E-state index contributed by atoms with van der Waals surface area (Å²) in [6, 6.07) is 5.88. The second-order valence-electron chi connectivity index (χ2n) is 6.51. The van der Waals surface area contributed by atoms with Crippen molar-refractivity contribution in [2.24, 2.45) is 0 Å². The summed E-state index contributed by atoms with van der Waals surface area (Å²) in [5.74, 6) is 0.713. The minimum Gasteiger partial charge on any atom is -0.494 e. The summed E-state index contributed by atoms with van der Waals surface area (Å²) in [4.78, 5) is 11.5. The summed E-state index contributed by atoms with van der Waals surface area (Å²) in [7, 11) is 0. The number of nitrogens with zero attached hydrogens (tertiary/aromatic N) is 1. The predicted molar refractivity (Wildman–Crippen MR) is 89.6 cm³/mol. The Labute approximate surface area is 138 Å². The first-order valence-electron chi connectivity index (χ1n) is 7.84. The molecule has 0 aromatic heterocycles. The average molecular weight is 318 g/mol. The van der Waals surface area contributed by atoms with Crippen molar-refractivity contribution in [3.05, 3.63) is 28.8 Å². The molecule has 1 amide bonds. The van der Waals surface area contributed by atoms with Crippen molar-refractivity contribution < 1.29 is 14.3 Å². The lowest BCUT2D eigenvalue weighted by atomic mass is 10.0. The average Bonchev–Trinajstić information content (AvgIpc) is 2.44. The largest absolute Gasteiger partial charge is 0.494 e. The van der Waals surface area contributed by atoms with Gasteiger partial charge in [0.15, 0.2) is 0 Å². The van der Waals surface area contributed by atoms with E-state index in [0.717, 1.165) is 24.0 Å². The number of hydrogen-bond donors (Lipinski definition) is 1. The lowest BCUT2D eigenvalue weighted by Gasteiger charge is -2.19. The van der Waals surface area contributed by atoms with E-state index in [1.165, 1.54) is 0 Å². The van der Waals surface area contributed by atoms with Crippen LogP contribution in [0, 0.1) is 25.2 Å². The molecule has 126 valence electrons. The van der Waals surface area contributed by atoms with Gasteiger partial charge < -0.3 is 14.8 Å². The molecule has 0 bridgehead atoms. The van der Waals surface area contributed by atoms with Crippen LogP contribution in [0.25, 0.3) is 0 Å². The second kappa shape index (κ2) is 8.42. The molecule has 1 aromatic carbocycles. The van der Waals surface area contributed by atoms with E-state index in [-0.39, 0.29) is 0 Å². The molecule has 5 nitrogen and oxygen atoms in total. The van der Waals surface area contributed by atoms with Crippen molar-refractivity contribution in [3.8, 4) is 11.8 Å². The van der Waals surface area contributed by atoms with Gasteiger partial charge in [0.2, 0.25) is 0 Å². The Morgan fingerprint density at radius 1 is 1.26 bits per heavy atom. The molecule has 0 unspecified atom stereocenters. The van der Waals surface area contributed by atoms with Crippen LogP contribution in [-0.4, -0.2) is 24.8 Å². The van der Waals surface area contributed by atoms with Gasteiger partial charge >= 0.3 is 6.09 Å². The molecule has 1 N–H and O–H groups in total. The van der Waals surface area contributed by atoms with Crippen molar-refractivity contribution in [2.75, 3.05) is 13.2 Å². The lowest BCUT2D eigenvalue weighted by molar-refractivity contribution is 0.0526. The summed E-state index contributed by atoms with van der Waals surface area (Å²) in [5, 5.41) is 11.8. The summed E-state index contributed by atoms with van der Waals surface area (Å²) in [6.07, 6.45) is 1.21. The maximum atomic E-state index is 11.5. The normalized spacial score (nSPS) is 10.8. The maximum Gasteiger partial charge on any atom is 0.407 e. The number of carbonyl (C=O) groups is 1. The number of carbonyl (C=O) groups excluding carboxylic acids is 1. The van der Waals surface area contributed by atoms with E-state index in [1.54, 1.807) is 6.07 Å². The number of nitriles is 1. The molecule has 23 heavy (non-hydrogen) atoms. The summed E-state index contributed by atoms with van der Waals surface area (Å²) in [6.45, 7) is 10.5. The number of alkyl carbamates (subject to hydrolysis) is 1. The summed E-state index contributed by atoms with van der Waals surface area (Å²) < 4.78 is 10.8. The van der Waals surface area contributed by atoms with Crippen LogP contribution >= 0.6 is 0 Å². The van der Waals surface area contributed by atoms with Gasteiger partial charge in [0, 0.05) is 6.54 Å². The van der Waals surface area contributed by atoms with Gasteiger partial charge in [-0.1, -0.05) is 0 Å². The highest BCUT2D eigenvalue weighted by molar-refractivity contribution is 5.67. The van der Waals surface area contributed by atoms with Gasteiger partial charge in [0.25, 0.3) is 0 Å². The van der Waals surface area contributed by atoms with E-state index in [0.29, 0.717) is 24.5 Å². The van der Waals surface area contributed by atoms with Gasteiger partial charge in [-0.05, 0) is 70.7 Å². The Morgan fingerprint density at radius 2 is 1.96 bits per heavy atom. The second-order valence-corrected chi connectivity index (χ2v) is 6.51. The van der Waals surface area contributed by atoms with Crippen LogP contribution < -0.4 is 10.1 Å². The Kier molecular flexibility index (Phi) is 6.89. The van der Waals surface area contributed by atoms with E-state index in [4.69, 9.17) is 14.7 Å². The minimum absolute atomic E-state index is 0.397. The fourth-order valence-corrected chi connectivity index (χ4v) is 1.95. The fourth-order valence-electron chi connectivity index (χ4n) is 1.95. The highest BCUT2D eigenvalue weighted by Crippen LogP contribution is 2.21. The Hall–Kier alpha value is -2.22. The zero-order valence-corrected chi connectivity index (χ0v) is 14.7. The van der Waals surface area contributed by atoms with Gasteiger partial charge in [-0.2, -0.15) is 5.26 Å². The molecule has 0 aliphatic carbocycles. The maximum absolute atomic E-state index is 11.5. The van der Waals surface area contributed by atoms with Gasteiger partial charge in [-0.3, -0.25) is 0 Å². The Bertz CT molecular complexity index is 583. The van der Waals surface area contributed by atoms with Crippen molar-refractivity contribution in [3.63, 3.8) is 0 Å². The Balaban J connectivity index is 2.27. The number of unbranched alkanes of at least 4 members (excludes halogenated alkanes) is 1. The molecule has 1 rings (SSSR count). The number of ether oxygens (including phenoxy) is 2. The van der Waals surface area contributed by atoms with Gasteiger partial charge in [0.1, 0.15) is 11.4 Å². The third-order valence-corrected chi connectivity index (χ3v) is 3.27. The van der Waals surface area contributed by atoms with E-state index in [1.807, 2.05) is 40.7 Å². The van der Waals surface area contributed by atoms with Crippen molar-refractivity contribution in [1.82, 2.24) is 5.32 Å². The van der Waals surface area contributed by atoms with Crippen LogP contribution in [0.2, 0.25) is 0 Å². The van der Waals surface area contributed by atoms with E-state index in [9.17, 15) is 4.79 Å². The number of hydrogen-bond acceptors (Lipinski definition) is 4. The number of nitrogens with one attached hydrogen (secondary N) is 1. The van der Waals surface area contributed by atoms with Gasteiger partial charge in [-0.25, -0.2) is 4.79 Å². The van der Waals surface area contributed by atoms with Crippen LogP contribution in [0.3, 0.4) is 0 Å². The summed E-state index contributed by atoms with van der Waals surface area (Å²) >= 11 is 0. The third-order valence-electron chi connectivity index (χ3n) is 3.27. The van der Waals surface area contributed by atoms with E-state index < -0.39 is 11.7 Å². The molecule has 0 saturated heterocycles. The zero-order valence-electron chi connectivity index (χ0n) is 14.7. The molecule has 0 aliphatic heterocycles. The van der Waals surface area contributed by atoms with E-state index >= 15 is 0 Å². The number of aryl methyl sites for hydroxylation is 1. The molecule has 0 spiro atoms. The highest BCUT2D eigenvalue weighted by Gasteiger charge is 2.15. The van der Waals surface area contributed by atoms with Gasteiger partial charge in [0.05, 0.1) is 18.2 Å². The molecule has 1 aromatic rings. The molecule has 5 heteroatoms. The highest BCUT2D eigenvalue weighted by atomic mass is 16.6. The van der Waals surface area contributed by atoms with Crippen molar-refractivity contribution in [1.29, 1.82) is 5.26 Å². The Morgan fingerprint density at radius 3 is 2.57 bits per heavy atom. The van der Waals surface area contributed by atoms with Crippen molar-refractivity contribution >= 4 is 6.09 Å². The standard InChI is InChI=1S/C18H26N2O3/c1-13-10-16(11-15(12-19)14(13)2)22-9-7-6-8-20-17(21)23-18(3,4)5/h10-11H,6-9H2,1-5H3,(H,20,21). The SMILES string of the molecule is Cc1cc(OCCCCNC(=O)OC(C)(C)C)cc(C#N)c1C.